The summed E-state index contributed by atoms with van der Waals surface area (Å²) in [6, 6.07) is 25.3. The van der Waals surface area contributed by atoms with Crippen LogP contribution in [0.1, 0.15) is 22.8 Å². The summed E-state index contributed by atoms with van der Waals surface area (Å²) in [5.41, 5.74) is 4.74. The number of allylic oxidation sites excluding steroid dienone is 1. The van der Waals surface area contributed by atoms with Gasteiger partial charge in [0.15, 0.2) is 0 Å². The molecule has 0 atom stereocenters. The summed E-state index contributed by atoms with van der Waals surface area (Å²) in [5.74, 6) is -0.293. The van der Waals surface area contributed by atoms with Gasteiger partial charge in [0.1, 0.15) is 0 Å². The van der Waals surface area contributed by atoms with Crippen LogP contribution >= 0.6 is 0 Å². The number of rotatable bonds is 2. The second kappa shape index (κ2) is 6.45. The smallest absolute Gasteiger partial charge is 0.228 e. The number of Topliss-reactive ketones (excluding diaryl/α,β-unsaturated/α-hetero) is 1. The molecule has 1 amide bonds. The molecule has 3 nitrogen and oxygen atoms in total. The Balaban J connectivity index is 1.72. The van der Waals surface area contributed by atoms with E-state index in [-0.39, 0.29) is 11.7 Å². The Morgan fingerprint density at radius 2 is 1.42 bits per heavy atom. The van der Waals surface area contributed by atoms with Gasteiger partial charge in [-0.25, -0.2) is 0 Å². The Bertz CT molecular complexity index is 1020. The standard InChI is InChI=1S/C23H17NO2/c1-16(25)24-21-10-6-5-9-20(21)23(26)22(24)15-17-11-13-19(14-12-17)18-7-3-2-4-8-18/h2-15H,1H3/b22-15+. The predicted molar refractivity (Wildman–Crippen MR) is 104 cm³/mol. The number of para-hydroxylation sites is 1. The molecule has 0 aromatic heterocycles. The molecule has 0 radical (unpaired) electrons. The number of carbonyl (C=O) groups is 2. The SMILES string of the molecule is CC(=O)N1/C(=C/c2ccc(-c3ccccc3)cc2)C(=O)c2ccccc21. The normalized spacial score (nSPS) is 14.6. The van der Waals surface area contributed by atoms with E-state index in [1.807, 2.05) is 54.6 Å². The molecule has 3 aromatic rings. The first-order valence-electron chi connectivity index (χ1n) is 8.47. The van der Waals surface area contributed by atoms with Crippen LogP contribution in [0.25, 0.3) is 17.2 Å². The predicted octanol–water partition coefficient (Wildman–Crippen LogP) is 4.94. The average Bonchev–Trinajstić information content (AvgIpc) is 2.95. The molecule has 1 aliphatic heterocycles. The van der Waals surface area contributed by atoms with Gasteiger partial charge >= 0.3 is 0 Å². The van der Waals surface area contributed by atoms with Gasteiger partial charge in [-0.15, -0.1) is 0 Å². The lowest BCUT2D eigenvalue weighted by atomic mass is 10.0. The monoisotopic (exact) mass is 339 g/mol. The highest BCUT2D eigenvalue weighted by Gasteiger charge is 2.34. The van der Waals surface area contributed by atoms with Gasteiger partial charge in [0.05, 0.1) is 11.4 Å². The zero-order valence-corrected chi connectivity index (χ0v) is 14.3. The van der Waals surface area contributed by atoms with Crippen molar-refractivity contribution in [3.8, 4) is 11.1 Å². The van der Waals surface area contributed by atoms with E-state index < -0.39 is 0 Å². The fourth-order valence-corrected chi connectivity index (χ4v) is 3.26. The lowest BCUT2D eigenvalue weighted by Crippen LogP contribution is -2.25. The Labute approximate surface area is 152 Å². The molecule has 3 heteroatoms. The molecule has 0 bridgehead atoms. The number of amides is 1. The van der Waals surface area contributed by atoms with Gasteiger partial charge in [-0.3, -0.25) is 14.5 Å². The van der Waals surface area contributed by atoms with E-state index in [1.54, 1.807) is 18.2 Å². The highest BCUT2D eigenvalue weighted by Crippen LogP contribution is 2.35. The molecule has 4 rings (SSSR count). The van der Waals surface area contributed by atoms with E-state index in [0.29, 0.717) is 16.9 Å². The van der Waals surface area contributed by atoms with E-state index in [1.165, 1.54) is 11.8 Å². The Morgan fingerprint density at radius 3 is 2.12 bits per heavy atom. The maximum absolute atomic E-state index is 12.7. The first kappa shape index (κ1) is 16.0. The van der Waals surface area contributed by atoms with Crippen molar-refractivity contribution in [2.24, 2.45) is 0 Å². The molecule has 1 aliphatic rings. The van der Waals surface area contributed by atoms with Crippen LogP contribution in [0.15, 0.2) is 84.6 Å². The van der Waals surface area contributed by atoms with Crippen LogP contribution in [0.3, 0.4) is 0 Å². The molecule has 126 valence electrons. The first-order valence-corrected chi connectivity index (χ1v) is 8.47. The number of hydrogen-bond donors (Lipinski definition) is 0. The quantitative estimate of drug-likeness (QED) is 0.620. The van der Waals surface area contributed by atoms with E-state index in [2.05, 4.69) is 12.1 Å². The van der Waals surface area contributed by atoms with Crippen molar-refractivity contribution in [2.45, 2.75) is 6.92 Å². The third-order valence-electron chi connectivity index (χ3n) is 4.50. The van der Waals surface area contributed by atoms with Gasteiger partial charge in [-0.1, -0.05) is 66.7 Å². The van der Waals surface area contributed by atoms with Crippen molar-refractivity contribution in [3.63, 3.8) is 0 Å². The number of benzene rings is 3. The number of fused-ring (bicyclic) bond motifs is 1. The molecular weight excluding hydrogens is 322 g/mol. The van der Waals surface area contributed by atoms with Crippen LogP contribution in [-0.4, -0.2) is 11.7 Å². The molecule has 0 saturated heterocycles. The summed E-state index contributed by atoms with van der Waals surface area (Å²) in [5, 5.41) is 0. The van der Waals surface area contributed by atoms with Gasteiger partial charge in [0.25, 0.3) is 0 Å². The lowest BCUT2D eigenvalue weighted by Gasteiger charge is -2.16. The summed E-state index contributed by atoms with van der Waals surface area (Å²) in [6.45, 7) is 1.47. The highest BCUT2D eigenvalue weighted by atomic mass is 16.2. The van der Waals surface area contributed by atoms with Crippen molar-refractivity contribution in [2.75, 3.05) is 4.90 Å². The molecule has 0 unspecified atom stereocenters. The van der Waals surface area contributed by atoms with Gasteiger partial charge in [-0.05, 0) is 34.9 Å². The van der Waals surface area contributed by atoms with Crippen LogP contribution in [0, 0.1) is 0 Å². The topological polar surface area (TPSA) is 37.4 Å². The van der Waals surface area contributed by atoms with Crippen molar-refractivity contribution in [3.05, 3.63) is 95.7 Å². The molecule has 0 spiro atoms. The van der Waals surface area contributed by atoms with Crippen molar-refractivity contribution < 1.29 is 9.59 Å². The highest BCUT2D eigenvalue weighted by molar-refractivity contribution is 6.26. The summed E-state index contributed by atoms with van der Waals surface area (Å²) in [6.07, 6.45) is 1.78. The minimum Gasteiger partial charge on any atom is -0.287 e. The second-order valence-electron chi connectivity index (χ2n) is 6.22. The Hall–Kier alpha value is -3.46. The van der Waals surface area contributed by atoms with Crippen LogP contribution in [0.4, 0.5) is 5.69 Å². The lowest BCUT2D eigenvalue weighted by molar-refractivity contribution is -0.116. The van der Waals surface area contributed by atoms with E-state index >= 15 is 0 Å². The minimum absolute atomic E-state index is 0.122. The number of hydrogen-bond acceptors (Lipinski definition) is 2. The van der Waals surface area contributed by atoms with Crippen molar-refractivity contribution in [1.82, 2.24) is 0 Å². The average molecular weight is 339 g/mol. The second-order valence-corrected chi connectivity index (χ2v) is 6.22. The number of carbonyl (C=O) groups excluding carboxylic acids is 2. The maximum atomic E-state index is 12.7. The van der Waals surface area contributed by atoms with E-state index in [4.69, 9.17) is 0 Å². The summed E-state index contributed by atoms with van der Waals surface area (Å²) < 4.78 is 0. The third-order valence-corrected chi connectivity index (χ3v) is 4.50. The fraction of sp³-hybridized carbons (Fsp3) is 0.0435. The van der Waals surface area contributed by atoms with Gasteiger partial charge in [0, 0.05) is 12.5 Å². The summed E-state index contributed by atoms with van der Waals surface area (Å²) in [7, 11) is 0. The molecule has 0 N–H and O–H groups in total. The molecule has 0 aliphatic carbocycles. The largest absolute Gasteiger partial charge is 0.287 e. The summed E-state index contributed by atoms with van der Waals surface area (Å²) >= 11 is 0. The van der Waals surface area contributed by atoms with E-state index in [9.17, 15) is 9.59 Å². The van der Waals surface area contributed by atoms with Crippen molar-refractivity contribution >= 4 is 23.5 Å². The molecule has 26 heavy (non-hydrogen) atoms. The number of nitrogens with zero attached hydrogens (tertiary/aromatic N) is 1. The Morgan fingerprint density at radius 1 is 0.808 bits per heavy atom. The molecule has 0 fully saturated rings. The zero-order chi connectivity index (χ0) is 18.1. The molecular formula is C23H17NO2. The fourth-order valence-electron chi connectivity index (χ4n) is 3.26. The molecule has 1 heterocycles. The van der Waals surface area contributed by atoms with Gasteiger partial charge < -0.3 is 0 Å². The molecule has 3 aromatic carbocycles. The molecule has 0 saturated carbocycles. The van der Waals surface area contributed by atoms with Crippen LogP contribution in [-0.2, 0) is 4.79 Å². The number of anilines is 1. The van der Waals surface area contributed by atoms with Crippen LogP contribution in [0.2, 0.25) is 0 Å². The third kappa shape index (κ3) is 2.74. The minimum atomic E-state index is -0.171. The van der Waals surface area contributed by atoms with Crippen molar-refractivity contribution in [1.29, 1.82) is 0 Å². The zero-order valence-electron chi connectivity index (χ0n) is 14.3. The Kier molecular flexibility index (Phi) is 3.98. The van der Waals surface area contributed by atoms with Crippen LogP contribution < -0.4 is 4.90 Å². The number of ketones is 1. The van der Waals surface area contributed by atoms with E-state index in [0.717, 1.165) is 16.7 Å². The first-order chi connectivity index (χ1) is 12.6. The maximum Gasteiger partial charge on any atom is 0.228 e. The van der Waals surface area contributed by atoms with Crippen LogP contribution in [0.5, 0.6) is 0 Å². The summed E-state index contributed by atoms with van der Waals surface area (Å²) in [4.78, 5) is 26.4. The van der Waals surface area contributed by atoms with Gasteiger partial charge in [-0.2, -0.15) is 0 Å². The van der Waals surface area contributed by atoms with Gasteiger partial charge in [0.2, 0.25) is 11.7 Å².